The van der Waals surface area contributed by atoms with Crippen LogP contribution in [0.3, 0.4) is 0 Å². The Kier molecular flexibility index (Phi) is 1.96. The maximum atomic E-state index is 10.7. The number of aldehydes is 1. The van der Waals surface area contributed by atoms with Crippen LogP contribution >= 0.6 is 0 Å². The van der Waals surface area contributed by atoms with Gasteiger partial charge in [0.05, 0.1) is 6.54 Å². The van der Waals surface area contributed by atoms with Gasteiger partial charge in [0.1, 0.15) is 6.29 Å². The Labute approximate surface area is 81.6 Å². The number of carbonyl (C=O) groups is 1. The maximum absolute atomic E-state index is 10.7. The molecule has 14 heavy (non-hydrogen) atoms. The summed E-state index contributed by atoms with van der Waals surface area (Å²) in [6.07, 6.45) is 5.89. The average Bonchev–Trinajstić information content (AvgIpc) is 2.19. The van der Waals surface area contributed by atoms with Crippen LogP contribution < -0.4 is 0 Å². The number of allylic oxidation sites excluding steroid dienone is 3. The molecule has 0 saturated heterocycles. The molecule has 0 aliphatic carbocycles. The van der Waals surface area contributed by atoms with Crippen molar-refractivity contribution in [2.45, 2.75) is 6.92 Å². The number of rotatable bonds is 1. The molecule has 0 fully saturated rings. The van der Waals surface area contributed by atoms with Crippen molar-refractivity contribution in [2.24, 2.45) is 4.99 Å². The number of amidine groups is 1. The Bertz CT molecular complexity index is 402. The van der Waals surface area contributed by atoms with Crippen LogP contribution in [0.25, 0.3) is 0 Å². The molecule has 2 heterocycles. The van der Waals surface area contributed by atoms with Gasteiger partial charge in [0.2, 0.25) is 0 Å². The molecule has 2 aliphatic rings. The summed E-state index contributed by atoms with van der Waals surface area (Å²) in [5.41, 5.74) is 1.31. The van der Waals surface area contributed by atoms with E-state index in [4.69, 9.17) is 0 Å². The Balaban J connectivity index is 2.44. The third kappa shape index (κ3) is 1.25. The molecule has 0 spiro atoms. The normalized spacial score (nSPS) is 20.2. The topological polar surface area (TPSA) is 52.9 Å². The zero-order chi connectivity index (χ0) is 10.1. The highest BCUT2D eigenvalue weighted by molar-refractivity contribution is 6.00. The second-order valence-corrected chi connectivity index (χ2v) is 3.19. The van der Waals surface area contributed by atoms with Gasteiger partial charge in [-0.2, -0.15) is 0 Å². The van der Waals surface area contributed by atoms with Gasteiger partial charge in [-0.25, -0.2) is 4.99 Å². The van der Waals surface area contributed by atoms with Gasteiger partial charge < -0.3 is 10.0 Å². The Morgan fingerprint density at radius 3 is 3.14 bits per heavy atom. The molecule has 0 aromatic heterocycles. The molecule has 0 unspecified atom stereocenters. The summed E-state index contributed by atoms with van der Waals surface area (Å²) in [4.78, 5) is 16.6. The smallest absolute Gasteiger partial charge is 0.175 e. The summed E-state index contributed by atoms with van der Waals surface area (Å²) in [7, 11) is 0. The summed E-state index contributed by atoms with van der Waals surface area (Å²) in [6.45, 7) is 2.24. The fourth-order valence-electron chi connectivity index (χ4n) is 1.43. The van der Waals surface area contributed by atoms with Gasteiger partial charge in [0.15, 0.2) is 11.6 Å². The summed E-state index contributed by atoms with van der Waals surface area (Å²) in [5.74, 6) is 0.646. The second-order valence-electron chi connectivity index (χ2n) is 3.19. The zero-order valence-corrected chi connectivity index (χ0v) is 7.77. The van der Waals surface area contributed by atoms with E-state index in [1.165, 1.54) is 0 Å². The number of nitrogens with zero attached hydrogens (tertiary/aromatic N) is 2. The number of fused-ring (bicyclic) bond motifs is 1. The lowest BCUT2D eigenvalue weighted by molar-refractivity contribution is -0.105. The molecule has 0 saturated carbocycles. The van der Waals surface area contributed by atoms with Crippen LogP contribution in [-0.2, 0) is 4.79 Å². The van der Waals surface area contributed by atoms with Crippen LogP contribution in [0, 0.1) is 0 Å². The van der Waals surface area contributed by atoms with Crippen LogP contribution in [0.1, 0.15) is 6.92 Å². The van der Waals surface area contributed by atoms with E-state index in [9.17, 15) is 9.90 Å². The lowest BCUT2D eigenvalue weighted by Gasteiger charge is -2.27. The predicted octanol–water partition coefficient (Wildman–Crippen LogP) is 1.14. The standard InChI is InChI=1S/C10H10N2O2/c1-7-8(6-13)5-12-4-2-3-9(14)10(12)11-7/h2-4,6,14H,5H2,1H3. The van der Waals surface area contributed by atoms with Crippen LogP contribution in [-0.4, -0.2) is 28.7 Å². The van der Waals surface area contributed by atoms with Crippen molar-refractivity contribution in [3.8, 4) is 0 Å². The monoisotopic (exact) mass is 190 g/mol. The highest BCUT2D eigenvalue weighted by Gasteiger charge is 2.22. The van der Waals surface area contributed by atoms with Crippen LogP contribution in [0.5, 0.6) is 0 Å². The molecular weight excluding hydrogens is 180 g/mol. The summed E-state index contributed by atoms with van der Waals surface area (Å²) >= 11 is 0. The van der Waals surface area contributed by atoms with E-state index in [-0.39, 0.29) is 5.76 Å². The summed E-state index contributed by atoms with van der Waals surface area (Å²) in [6, 6.07) is 0. The average molecular weight is 190 g/mol. The fraction of sp³-hybridized carbons (Fsp3) is 0.200. The molecule has 0 radical (unpaired) electrons. The van der Waals surface area contributed by atoms with E-state index >= 15 is 0 Å². The molecule has 72 valence electrons. The first-order valence-electron chi connectivity index (χ1n) is 4.30. The van der Waals surface area contributed by atoms with Gasteiger partial charge in [-0.1, -0.05) is 0 Å². The van der Waals surface area contributed by atoms with E-state index in [0.29, 0.717) is 23.7 Å². The van der Waals surface area contributed by atoms with Gasteiger partial charge in [0, 0.05) is 17.5 Å². The highest BCUT2D eigenvalue weighted by Crippen LogP contribution is 2.19. The van der Waals surface area contributed by atoms with Crippen molar-refractivity contribution in [3.63, 3.8) is 0 Å². The largest absolute Gasteiger partial charge is 0.504 e. The van der Waals surface area contributed by atoms with Gasteiger partial charge in [0.25, 0.3) is 0 Å². The first kappa shape index (κ1) is 8.74. The van der Waals surface area contributed by atoms with Gasteiger partial charge in [-0.05, 0) is 19.1 Å². The minimum atomic E-state index is 0.136. The molecular formula is C10H10N2O2. The predicted molar refractivity (Wildman–Crippen MR) is 52.8 cm³/mol. The molecule has 0 aromatic rings. The molecule has 4 heteroatoms. The Morgan fingerprint density at radius 2 is 2.43 bits per heavy atom. The van der Waals surface area contributed by atoms with Crippen molar-refractivity contribution < 1.29 is 9.90 Å². The lowest BCUT2D eigenvalue weighted by Crippen LogP contribution is -2.34. The van der Waals surface area contributed by atoms with Gasteiger partial charge in [-0.15, -0.1) is 0 Å². The molecule has 1 N–H and O–H groups in total. The molecule has 0 atom stereocenters. The van der Waals surface area contributed by atoms with Crippen molar-refractivity contribution in [2.75, 3.05) is 6.54 Å². The first-order chi connectivity index (χ1) is 6.72. The van der Waals surface area contributed by atoms with E-state index < -0.39 is 0 Å². The quantitative estimate of drug-likeness (QED) is 0.631. The number of aliphatic imine (C=N–C) groups is 1. The molecule has 0 bridgehead atoms. The zero-order valence-electron chi connectivity index (χ0n) is 7.77. The van der Waals surface area contributed by atoms with Crippen molar-refractivity contribution >= 4 is 12.1 Å². The van der Waals surface area contributed by atoms with E-state index in [1.807, 2.05) is 0 Å². The van der Waals surface area contributed by atoms with E-state index in [0.717, 1.165) is 6.29 Å². The first-order valence-corrected chi connectivity index (χ1v) is 4.30. The van der Waals surface area contributed by atoms with Crippen molar-refractivity contribution in [1.82, 2.24) is 4.90 Å². The van der Waals surface area contributed by atoms with Gasteiger partial charge >= 0.3 is 0 Å². The minimum Gasteiger partial charge on any atom is -0.504 e. The second kappa shape index (κ2) is 3.14. The van der Waals surface area contributed by atoms with Crippen LogP contribution in [0.2, 0.25) is 0 Å². The third-order valence-electron chi connectivity index (χ3n) is 2.24. The number of hydrogen-bond acceptors (Lipinski definition) is 4. The highest BCUT2D eigenvalue weighted by atomic mass is 16.3. The maximum Gasteiger partial charge on any atom is 0.175 e. The molecule has 4 nitrogen and oxygen atoms in total. The molecule has 0 aromatic carbocycles. The van der Waals surface area contributed by atoms with Crippen molar-refractivity contribution in [3.05, 3.63) is 35.4 Å². The SMILES string of the molecule is CC1=C(C=O)CN2C=CC=C(O)C2=N1. The third-order valence-corrected chi connectivity index (χ3v) is 2.24. The number of carbonyl (C=O) groups excluding carboxylic acids is 1. The molecule has 2 rings (SSSR count). The van der Waals surface area contributed by atoms with E-state index in [1.54, 1.807) is 30.2 Å². The number of aliphatic hydroxyl groups excluding tert-OH is 1. The Morgan fingerprint density at radius 1 is 1.64 bits per heavy atom. The summed E-state index contributed by atoms with van der Waals surface area (Å²) < 4.78 is 0. The Hall–Kier alpha value is -1.84. The van der Waals surface area contributed by atoms with Crippen LogP contribution in [0.15, 0.2) is 40.4 Å². The number of aliphatic hydroxyl groups is 1. The lowest BCUT2D eigenvalue weighted by atomic mass is 10.1. The van der Waals surface area contributed by atoms with Crippen LogP contribution in [0.4, 0.5) is 0 Å². The molecule has 0 amide bonds. The van der Waals surface area contributed by atoms with E-state index in [2.05, 4.69) is 4.99 Å². The fourth-order valence-corrected chi connectivity index (χ4v) is 1.43. The minimum absolute atomic E-state index is 0.136. The molecule has 2 aliphatic heterocycles. The van der Waals surface area contributed by atoms with Crippen molar-refractivity contribution in [1.29, 1.82) is 0 Å². The van der Waals surface area contributed by atoms with Gasteiger partial charge in [-0.3, -0.25) is 4.79 Å². The number of hydrogen-bond donors (Lipinski definition) is 1. The summed E-state index contributed by atoms with van der Waals surface area (Å²) in [5, 5.41) is 9.51.